The first-order chi connectivity index (χ1) is 9.53. The second kappa shape index (κ2) is 4.37. The van der Waals surface area contributed by atoms with Crippen LogP contribution in [-0.2, 0) is 0 Å². The van der Waals surface area contributed by atoms with Gasteiger partial charge < -0.3 is 0 Å². The lowest BCUT2D eigenvalue weighted by molar-refractivity contribution is -0.0281. The molecule has 0 N–H and O–H groups in total. The van der Waals surface area contributed by atoms with Crippen molar-refractivity contribution in [1.82, 2.24) is 0 Å². The second-order valence-corrected chi connectivity index (χ2v) is 9.19. The molecule has 0 saturated heterocycles. The molecule has 3 saturated carbocycles. The van der Waals surface area contributed by atoms with E-state index in [0.29, 0.717) is 10.8 Å². The SMILES string of the molecule is CC1CCC2(C)C(=CCC3C4CCCC4(C)CCC32)C1. The highest BCUT2D eigenvalue weighted by molar-refractivity contribution is 5.24. The Labute approximate surface area is 125 Å². The van der Waals surface area contributed by atoms with Crippen LogP contribution in [0.4, 0.5) is 0 Å². The Balaban J connectivity index is 1.68. The maximum atomic E-state index is 2.71. The topological polar surface area (TPSA) is 0 Å². The molecule has 0 bridgehead atoms. The highest BCUT2D eigenvalue weighted by Crippen LogP contribution is 2.65. The summed E-state index contributed by atoms with van der Waals surface area (Å²) in [4.78, 5) is 0. The minimum atomic E-state index is 0.583. The van der Waals surface area contributed by atoms with Gasteiger partial charge >= 0.3 is 0 Å². The molecule has 0 aromatic rings. The molecule has 0 heteroatoms. The van der Waals surface area contributed by atoms with Crippen LogP contribution >= 0.6 is 0 Å². The number of fused-ring (bicyclic) bond motifs is 5. The van der Waals surface area contributed by atoms with Gasteiger partial charge in [-0.1, -0.05) is 38.8 Å². The molecule has 4 aliphatic rings. The lowest BCUT2D eigenvalue weighted by atomic mass is 9.48. The third kappa shape index (κ3) is 1.72. The first-order valence-corrected chi connectivity index (χ1v) is 9.22. The maximum absolute atomic E-state index is 2.71. The third-order valence-electron chi connectivity index (χ3n) is 8.13. The van der Waals surface area contributed by atoms with Gasteiger partial charge in [-0.05, 0) is 85.9 Å². The predicted octanol–water partition coefficient (Wildman–Crippen LogP) is 5.98. The van der Waals surface area contributed by atoms with E-state index in [2.05, 4.69) is 26.8 Å². The van der Waals surface area contributed by atoms with E-state index in [4.69, 9.17) is 0 Å². The number of hydrogen-bond acceptors (Lipinski definition) is 0. The standard InChI is InChI=1S/C20H32/c1-14-8-12-20(3)15(13-14)6-7-16-17-5-4-10-19(17,2)11-9-18(16)20/h6,14,16-18H,4-5,7-13H2,1-3H3. The Bertz CT molecular complexity index is 433. The summed E-state index contributed by atoms with van der Waals surface area (Å²) in [6.45, 7) is 7.71. The van der Waals surface area contributed by atoms with Crippen LogP contribution < -0.4 is 0 Å². The van der Waals surface area contributed by atoms with Gasteiger partial charge in [0.25, 0.3) is 0 Å². The molecule has 4 aliphatic carbocycles. The molecule has 20 heavy (non-hydrogen) atoms. The van der Waals surface area contributed by atoms with Gasteiger partial charge in [0, 0.05) is 0 Å². The minimum Gasteiger partial charge on any atom is -0.0845 e. The smallest absolute Gasteiger partial charge is 0.00851 e. The first-order valence-electron chi connectivity index (χ1n) is 9.22. The monoisotopic (exact) mass is 272 g/mol. The summed E-state index contributed by atoms with van der Waals surface area (Å²) in [6.07, 6.45) is 16.1. The Morgan fingerprint density at radius 3 is 2.70 bits per heavy atom. The number of rotatable bonds is 0. The van der Waals surface area contributed by atoms with Gasteiger partial charge in [-0.2, -0.15) is 0 Å². The fraction of sp³-hybridized carbons (Fsp3) is 0.900. The molecule has 0 radical (unpaired) electrons. The molecule has 4 rings (SSSR count). The van der Waals surface area contributed by atoms with Crippen LogP contribution in [0.15, 0.2) is 11.6 Å². The fourth-order valence-corrected chi connectivity index (χ4v) is 6.84. The predicted molar refractivity (Wildman–Crippen MR) is 85.5 cm³/mol. The summed E-state index contributed by atoms with van der Waals surface area (Å²) in [5.41, 5.74) is 3.16. The second-order valence-electron chi connectivity index (χ2n) is 9.19. The molecule has 112 valence electrons. The summed E-state index contributed by atoms with van der Waals surface area (Å²) in [5, 5.41) is 0. The van der Waals surface area contributed by atoms with Crippen LogP contribution in [0.25, 0.3) is 0 Å². The fourth-order valence-electron chi connectivity index (χ4n) is 6.84. The average molecular weight is 272 g/mol. The lowest BCUT2D eigenvalue weighted by Gasteiger charge is -2.57. The van der Waals surface area contributed by atoms with E-state index < -0.39 is 0 Å². The minimum absolute atomic E-state index is 0.583. The van der Waals surface area contributed by atoms with Crippen LogP contribution in [0.3, 0.4) is 0 Å². The van der Waals surface area contributed by atoms with E-state index >= 15 is 0 Å². The Morgan fingerprint density at radius 2 is 1.85 bits per heavy atom. The zero-order chi connectivity index (χ0) is 14.0. The lowest BCUT2D eigenvalue weighted by Crippen LogP contribution is -2.48. The van der Waals surface area contributed by atoms with Gasteiger partial charge in [0.2, 0.25) is 0 Å². The van der Waals surface area contributed by atoms with Crippen LogP contribution in [-0.4, -0.2) is 0 Å². The van der Waals surface area contributed by atoms with Gasteiger partial charge in [-0.15, -0.1) is 0 Å². The van der Waals surface area contributed by atoms with Crippen LogP contribution in [0.2, 0.25) is 0 Å². The average Bonchev–Trinajstić information content (AvgIpc) is 2.81. The van der Waals surface area contributed by atoms with Gasteiger partial charge in [0.05, 0.1) is 0 Å². The molecular weight excluding hydrogens is 240 g/mol. The molecule has 0 spiro atoms. The van der Waals surface area contributed by atoms with E-state index in [1.807, 2.05) is 5.57 Å². The van der Waals surface area contributed by atoms with Crippen molar-refractivity contribution in [2.24, 2.45) is 34.5 Å². The third-order valence-corrected chi connectivity index (χ3v) is 8.13. The van der Waals surface area contributed by atoms with Gasteiger partial charge in [-0.25, -0.2) is 0 Å². The van der Waals surface area contributed by atoms with Gasteiger partial charge in [-0.3, -0.25) is 0 Å². The molecule has 0 aromatic carbocycles. The zero-order valence-electron chi connectivity index (χ0n) is 13.8. The molecule has 0 amide bonds. The number of hydrogen-bond donors (Lipinski definition) is 0. The molecule has 3 fully saturated rings. The van der Waals surface area contributed by atoms with Crippen molar-refractivity contribution in [3.8, 4) is 0 Å². The molecule has 6 unspecified atom stereocenters. The maximum Gasteiger partial charge on any atom is -0.00851 e. The van der Waals surface area contributed by atoms with Crippen LogP contribution in [0.5, 0.6) is 0 Å². The first kappa shape index (κ1) is 13.4. The van der Waals surface area contributed by atoms with Crippen molar-refractivity contribution in [2.75, 3.05) is 0 Å². The summed E-state index contributed by atoms with van der Waals surface area (Å²) in [5.74, 6) is 4.03. The molecule has 6 atom stereocenters. The number of allylic oxidation sites excluding steroid dienone is 2. The van der Waals surface area contributed by atoms with E-state index in [-0.39, 0.29) is 0 Å². The Hall–Kier alpha value is -0.260. The van der Waals surface area contributed by atoms with E-state index in [9.17, 15) is 0 Å². The summed E-state index contributed by atoms with van der Waals surface area (Å²) < 4.78 is 0. The van der Waals surface area contributed by atoms with Crippen molar-refractivity contribution in [2.45, 2.75) is 78.6 Å². The highest BCUT2D eigenvalue weighted by Gasteiger charge is 2.55. The van der Waals surface area contributed by atoms with E-state index in [0.717, 1.165) is 23.7 Å². The largest absolute Gasteiger partial charge is 0.0845 e. The van der Waals surface area contributed by atoms with Crippen LogP contribution in [0, 0.1) is 34.5 Å². The van der Waals surface area contributed by atoms with E-state index in [1.54, 1.807) is 0 Å². The summed E-state index contributed by atoms with van der Waals surface area (Å²) in [6, 6.07) is 0. The van der Waals surface area contributed by atoms with Crippen molar-refractivity contribution in [3.63, 3.8) is 0 Å². The quantitative estimate of drug-likeness (QED) is 0.476. The Kier molecular flexibility index (Phi) is 2.93. The Morgan fingerprint density at radius 1 is 1.00 bits per heavy atom. The van der Waals surface area contributed by atoms with E-state index in [1.165, 1.54) is 57.8 Å². The van der Waals surface area contributed by atoms with Crippen molar-refractivity contribution >= 4 is 0 Å². The summed E-state index contributed by atoms with van der Waals surface area (Å²) >= 11 is 0. The van der Waals surface area contributed by atoms with Crippen molar-refractivity contribution in [1.29, 1.82) is 0 Å². The van der Waals surface area contributed by atoms with Crippen LogP contribution in [0.1, 0.15) is 78.6 Å². The molecule has 0 aromatic heterocycles. The highest BCUT2D eigenvalue weighted by atomic mass is 14.6. The normalized spacial score (nSPS) is 54.6. The van der Waals surface area contributed by atoms with Gasteiger partial charge in [0.15, 0.2) is 0 Å². The van der Waals surface area contributed by atoms with Crippen molar-refractivity contribution < 1.29 is 0 Å². The zero-order valence-corrected chi connectivity index (χ0v) is 13.8. The molecule has 0 heterocycles. The molecular formula is C20H32. The van der Waals surface area contributed by atoms with Gasteiger partial charge in [0.1, 0.15) is 0 Å². The molecule has 0 nitrogen and oxygen atoms in total. The van der Waals surface area contributed by atoms with Crippen molar-refractivity contribution in [3.05, 3.63) is 11.6 Å². The molecule has 0 aliphatic heterocycles. The summed E-state index contributed by atoms with van der Waals surface area (Å²) in [7, 11) is 0.